The number of primary amides is 1. The van der Waals surface area contributed by atoms with Crippen LogP contribution < -0.4 is 5.73 Å². The first kappa shape index (κ1) is 21.2. The van der Waals surface area contributed by atoms with Crippen molar-refractivity contribution in [3.8, 4) is 10.6 Å². The highest BCUT2D eigenvalue weighted by Crippen LogP contribution is 2.35. The summed E-state index contributed by atoms with van der Waals surface area (Å²) in [5, 5.41) is 0. The molecule has 0 unspecified atom stereocenters. The van der Waals surface area contributed by atoms with Gasteiger partial charge in [-0.3, -0.25) is 9.59 Å². The molecule has 1 aliphatic rings. The smallest absolute Gasteiger partial charge is 0.349 e. The van der Waals surface area contributed by atoms with Gasteiger partial charge in [0.15, 0.2) is 17.0 Å². The summed E-state index contributed by atoms with van der Waals surface area (Å²) in [7, 11) is 0. The van der Waals surface area contributed by atoms with Gasteiger partial charge in [0.2, 0.25) is 0 Å². The Hall–Kier alpha value is -3.07. The van der Waals surface area contributed by atoms with E-state index in [2.05, 4.69) is 15.0 Å². The third kappa shape index (κ3) is 3.85. The minimum Gasteiger partial charge on any atom is -0.445 e. The van der Waals surface area contributed by atoms with Gasteiger partial charge in [-0.2, -0.15) is 0 Å². The minimum atomic E-state index is -1.21. The van der Waals surface area contributed by atoms with E-state index < -0.39 is 22.9 Å². The van der Waals surface area contributed by atoms with Crippen LogP contribution in [0.4, 0.5) is 0 Å². The van der Waals surface area contributed by atoms with Crippen molar-refractivity contribution in [2.75, 3.05) is 0 Å². The largest absolute Gasteiger partial charge is 0.445 e. The Kier molecular flexibility index (Phi) is 5.17. The van der Waals surface area contributed by atoms with E-state index in [-0.39, 0.29) is 5.78 Å². The molecule has 3 aromatic heterocycles. The topological polar surface area (TPSA) is 128 Å². The lowest BCUT2D eigenvalue weighted by Crippen LogP contribution is -2.45. The second kappa shape index (κ2) is 7.56. The lowest BCUT2D eigenvalue weighted by Gasteiger charge is -2.24. The molecule has 162 valence electrons. The Labute approximate surface area is 183 Å². The van der Waals surface area contributed by atoms with Gasteiger partial charge in [-0.1, -0.05) is 20.8 Å². The molecule has 1 aliphatic carbocycles. The van der Waals surface area contributed by atoms with E-state index in [0.29, 0.717) is 45.0 Å². The zero-order valence-corrected chi connectivity index (χ0v) is 18.5. The zero-order valence-electron chi connectivity index (χ0n) is 17.7. The summed E-state index contributed by atoms with van der Waals surface area (Å²) in [5.74, 6) is -1.21. The molecule has 1 fully saturated rings. The molecule has 8 nitrogen and oxygen atoms in total. The number of esters is 1. The van der Waals surface area contributed by atoms with Crippen LogP contribution in [-0.4, -0.2) is 38.2 Å². The first-order chi connectivity index (χ1) is 14.6. The number of ether oxygens (including phenoxy) is 1. The number of hydrogen-bond donors (Lipinski definition) is 2. The van der Waals surface area contributed by atoms with Crippen LogP contribution in [0.3, 0.4) is 0 Å². The fourth-order valence-electron chi connectivity index (χ4n) is 3.75. The van der Waals surface area contributed by atoms with E-state index in [1.165, 1.54) is 11.3 Å². The highest BCUT2D eigenvalue weighted by atomic mass is 32.1. The number of H-pyrrole nitrogens is 1. The third-order valence-corrected chi connectivity index (χ3v) is 6.60. The Morgan fingerprint density at radius 3 is 2.55 bits per heavy atom. The monoisotopic (exact) mass is 440 g/mol. The molecule has 1 saturated carbocycles. The molecule has 4 rings (SSSR count). The van der Waals surface area contributed by atoms with Crippen LogP contribution in [0.5, 0.6) is 0 Å². The van der Waals surface area contributed by atoms with Gasteiger partial charge < -0.3 is 15.5 Å². The van der Waals surface area contributed by atoms with Crippen molar-refractivity contribution in [2.45, 2.75) is 52.1 Å². The van der Waals surface area contributed by atoms with Crippen molar-refractivity contribution in [1.29, 1.82) is 0 Å². The molecular weight excluding hydrogens is 416 g/mol. The normalized spacial score (nSPS) is 15.8. The number of thiophene rings is 1. The summed E-state index contributed by atoms with van der Waals surface area (Å²) >= 11 is 1.19. The average Bonchev–Trinajstić information content (AvgIpc) is 3.45. The molecule has 9 heteroatoms. The van der Waals surface area contributed by atoms with Gasteiger partial charge in [-0.05, 0) is 37.8 Å². The first-order valence-corrected chi connectivity index (χ1v) is 10.9. The maximum atomic E-state index is 12.7. The van der Waals surface area contributed by atoms with Crippen LogP contribution in [0, 0.1) is 5.41 Å². The number of amides is 1. The second-order valence-electron chi connectivity index (χ2n) is 8.85. The van der Waals surface area contributed by atoms with Crippen molar-refractivity contribution in [1.82, 2.24) is 15.0 Å². The number of Topliss-reactive ketones (excluding diaryl/α,β-unsaturated/α-hetero) is 1. The predicted octanol–water partition coefficient (Wildman–Crippen LogP) is 3.87. The Bertz CT molecular complexity index is 1180. The molecule has 0 radical (unpaired) electrons. The molecule has 0 spiro atoms. The lowest BCUT2D eigenvalue weighted by atomic mass is 9.87. The summed E-state index contributed by atoms with van der Waals surface area (Å²) in [6, 6.07) is 3.39. The number of rotatable bonds is 5. The molecule has 0 saturated heterocycles. The fourth-order valence-corrected chi connectivity index (χ4v) is 4.58. The van der Waals surface area contributed by atoms with Crippen LogP contribution in [-0.2, 0) is 9.53 Å². The summed E-state index contributed by atoms with van der Waals surface area (Å²) in [5.41, 5.74) is 5.79. The van der Waals surface area contributed by atoms with Gasteiger partial charge >= 0.3 is 5.97 Å². The molecule has 3 heterocycles. The number of carbonyl (C=O) groups is 3. The first-order valence-electron chi connectivity index (χ1n) is 10.1. The van der Waals surface area contributed by atoms with Crippen LogP contribution >= 0.6 is 11.3 Å². The Balaban J connectivity index is 1.62. The number of aromatic amines is 1. The average molecular weight is 441 g/mol. The van der Waals surface area contributed by atoms with Gasteiger partial charge in [0.25, 0.3) is 5.91 Å². The van der Waals surface area contributed by atoms with Crippen LogP contribution in [0.25, 0.3) is 21.7 Å². The second-order valence-corrected chi connectivity index (χ2v) is 9.94. The van der Waals surface area contributed by atoms with E-state index in [4.69, 9.17) is 10.5 Å². The number of hydrogen-bond acceptors (Lipinski definition) is 7. The lowest BCUT2D eigenvalue weighted by molar-refractivity contribution is -0.136. The SMILES string of the molecule is CC(C)(C)C(=O)c1c[nH]c2ncc(-c3ccc(C(=O)OC4(C(N)=O)CCCC4)s3)nc12. The molecule has 0 atom stereocenters. The molecule has 3 aromatic rings. The van der Waals surface area contributed by atoms with E-state index in [1.54, 1.807) is 24.5 Å². The number of ketones is 1. The highest BCUT2D eigenvalue weighted by Gasteiger charge is 2.43. The maximum absolute atomic E-state index is 12.7. The van der Waals surface area contributed by atoms with Crippen molar-refractivity contribution < 1.29 is 19.1 Å². The third-order valence-electron chi connectivity index (χ3n) is 5.51. The number of nitrogens with one attached hydrogen (secondary N) is 1. The molecule has 0 aliphatic heterocycles. The number of nitrogens with two attached hydrogens (primary N) is 1. The quantitative estimate of drug-likeness (QED) is 0.458. The van der Waals surface area contributed by atoms with Crippen molar-refractivity contribution in [3.05, 3.63) is 35.0 Å². The van der Waals surface area contributed by atoms with Crippen molar-refractivity contribution >= 4 is 40.2 Å². The molecule has 0 aromatic carbocycles. The Morgan fingerprint density at radius 1 is 1.19 bits per heavy atom. The van der Waals surface area contributed by atoms with Gasteiger partial charge in [-0.25, -0.2) is 14.8 Å². The Morgan fingerprint density at radius 2 is 1.90 bits per heavy atom. The number of aromatic nitrogens is 3. The molecule has 0 bridgehead atoms. The maximum Gasteiger partial charge on any atom is 0.349 e. The van der Waals surface area contributed by atoms with E-state index in [1.807, 2.05) is 20.8 Å². The molecule has 31 heavy (non-hydrogen) atoms. The molecule has 3 N–H and O–H groups in total. The standard InChI is InChI=1S/C22H24N4O4S/c1-21(2,3)17(27)12-10-24-18-16(12)26-13(11-25-18)14-6-7-15(31-14)19(28)30-22(20(23)29)8-4-5-9-22/h6-7,10-11H,4-5,8-9H2,1-3H3,(H2,23,29)(H,24,25). The number of carbonyl (C=O) groups excluding carboxylic acids is 3. The van der Waals surface area contributed by atoms with Crippen LogP contribution in [0.2, 0.25) is 0 Å². The van der Waals surface area contributed by atoms with Gasteiger partial charge in [0, 0.05) is 11.6 Å². The van der Waals surface area contributed by atoms with Gasteiger partial charge in [0.05, 0.1) is 22.3 Å². The minimum absolute atomic E-state index is 0.0334. The fraction of sp³-hybridized carbons (Fsp3) is 0.409. The van der Waals surface area contributed by atoms with Crippen molar-refractivity contribution in [2.24, 2.45) is 11.1 Å². The molecular formula is C22H24N4O4S. The highest BCUT2D eigenvalue weighted by molar-refractivity contribution is 7.17. The summed E-state index contributed by atoms with van der Waals surface area (Å²) in [6.07, 6.45) is 5.72. The summed E-state index contributed by atoms with van der Waals surface area (Å²) in [6.45, 7) is 5.56. The zero-order chi connectivity index (χ0) is 22.4. The van der Waals surface area contributed by atoms with Crippen LogP contribution in [0.15, 0.2) is 24.5 Å². The molecule has 1 amide bonds. The summed E-state index contributed by atoms with van der Waals surface area (Å²) < 4.78 is 5.55. The van der Waals surface area contributed by atoms with Gasteiger partial charge in [0.1, 0.15) is 10.4 Å². The van der Waals surface area contributed by atoms with Crippen LogP contribution in [0.1, 0.15) is 66.5 Å². The van der Waals surface area contributed by atoms with E-state index in [0.717, 1.165) is 12.8 Å². The summed E-state index contributed by atoms with van der Waals surface area (Å²) in [4.78, 5) is 50.3. The number of nitrogens with zero attached hydrogens (tertiary/aromatic N) is 2. The van der Waals surface area contributed by atoms with E-state index >= 15 is 0 Å². The van der Waals surface area contributed by atoms with Crippen molar-refractivity contribution in [3.63, 3.8) is 0 Å². The number of fused-ring (bicyclic) bond motifs is 1. The predicted molar refractivity (Wildman–Crippen MR) is 117 cm³/mol. The van der Waals surface area contributed by atoms with Gasteiger partial charge in [-0.15, -0.1) is 11.3 Å². The van der Waals surface area contributed by atoms with E-state index in [9.17, 15) is 14.4 Å².